The summed E-state index contributed by atoms with van der Waals surface area (Å²) in [5.41, 5.74) is 1.47. The van der Waals surface area contributed by atoms with E-state index in [2.05, 4.69) is 66.4 Å². The van der Waals surface area contributed by atoms with Crippen molar-refractivity contribution < 1.29 is 0 Å². The van der Waals surface area contributed by atoms with Crippen LogP contribution in [-0.2, 0) is 6.42 Å². The van der Waals surface area contributed by atoms with E-state index in [1.54, 1.807) is 0 Å². The van der Waals surface area contributed by atoms with Gasteiger partial charge >= 0.3 is 0 Å². The van der Waals surface area contributed by atoms with Crippen LogP contribution in [0.3, 0.4) is 0 Å². The van der Waals surface area contributed by atoms with Gasteiger partial charge in [0.1, 0.15) is 6.17 Å². The molecule has 1 aliphatic heterocycles. The maximum atomic E-state index is 2.64. The quantitative estimate of drug-likeness (QED) is 0.103. The SMILES string of the molecule is CCCCCCCCCCCCCCCCN1C=CN(CCCCCCCCCCC)C1Cc1ccccc1. The van der Waals surface area contributed by atoms with Crippen molar-refractivity contribution in [3.05, 3.63) is 48.3 Å². The van der Waals surface area contributed by atoms with Gasteiger partial charge in [0.05, 0.1) is 0 Å². The lowest BCUT2D eigenvalue weighted by Gasteiger charge is -2.33. The second-order valence-corrected chi connectivity index (χ2v) is 12.4. The van der Waals surface area contributed by atoms with Gasteiger partial charge < -0.3 is 9.80 Å². The number of nitrogens with zero attached hydrogens (tertiary/aromatic N) is 2. The predicted molar refractivity (Wildman–Crippen MR) is 174 cm³/mol. The second-order valence-electron chi connectivity index (χ2n) is 12.4. The molecule has 0 radical (unpaired) electrons. The van der Waals surface area contributed by atoms with Gasteiger partial charge in [-0.2, -0.15) is 0 Å². The van der Waals surface area contributed by atoms with Crippen LogP contribution in [0.4, 0.5) is 0 Å². The third-order valence-corrected chi connectivity index (χ3v) is 8.77. The molecule has 224 valence electrons. The molecule has 1 aliphatic rings. The second kappa shape index (κ2) is 24.4. The Balaban J connectivity index is 1.56. The van der Waals surface area contributed by atoms with Gasteiger partial charge in [-0.1, -0.05) is 179 Å². The van der Waals surface area contributed by atoms with Crippen LogP contribution in [0.1, 0.15) is 167 Å². The maximum absolute atomic E-state index is 2.64. The summed E-state index contributed by atoms with van der Waals surface area (Å²) >= 11 is 0. The molecule has 2 rings (SSSR count). The zero-order valence-electron chi connectivity index (χ0n) is 26.4. The minimum atomic E-state index is 0.503. The summed E-state index contributed by atoms with van der Waals surface area (Å²) in [4.78, 5) is 5.28. The van der Waals surface area contributed by atoms with Gasteiger partial charge in [0.2, 0.25) is 0 Å². The van der Waals surface area contributed by atoms with Gasteiger partial charge in [-0.05, 0) is 18.4 Å². The highest BCUT2D eigenvalue weighted by Crippen LogP contribution is 2.22. The molecule has 1 aromatic rings. The number of unbranched alkanes of at least 4 members (excludes halogenated alkanes) is 21. The highest BCUT2D eigenvalue weighted by atomic mass is 15.4. The zero-order chi connectivity index (χ0) is 27.6. The lowest BCUT2D eigenvalue weighted by atomic mass is 10.0. The molecule has 0 saturated carbocycles. The molecule has 0 amide bonds. The Morgan fingerprint density at radius 1 is 0.436 bits per heavy atom. The van der Waals surface area contributed by atoms with Crippen molar-refractivity contribution in [2.45, 2.75) is 174 Å². The van der Waals surface area contributed by atoms with Crippen molar-refractivity contribution in [1.29, 1.82) is 0 Å². The molecule has 1 atom stereocenters. The van der Waals surface area contributed by atoms with Crippen molar-refractivity contribution in [3.63, 3.8) is 0 Å². The predicted octanol–water partition coefficient (Wildman–Crippen LogP) is 11.7. The zero-order valence-corrected chi connectivity index (χ0v) is 26.4. The molecule has 0 N–H and O–H groups in total. The van der Waals surface area contributed by atoms with E-state index in [1.807, 2.05) is 0 Å². The van der Waals surface area contributed by atoms with Crippen molar-refractivity contribution >= 4 is 0 Å². The molecule has 0 aliphatic carbocycles. The van der Waals surface area contributed by atoms with Gasteiger partial charge in [-0.25, -0.2) is 0 Å². The fourth-order valence-electron chi connectivity index (χ4n) is 6.16. The van der Waals surface area contributed by atoms with Crippen molar-refractivity contribution in [1.82, 2.24) is 9.80 Å². The molecule has 0 aromatic heterocycles. The number of benzene rings is 1. The molecule has 0 spiro atoms. The van der Waals surface area contributed by atoms with Crippen LogP contribution >= 0.6 is 0 Å². The molecule has 39 heavy (non-hydrogen) atoms. The molecule has 1 aromatic carbocycles. The molecular formula is C37H66N2. The van der Waals surface area contributed by atoms with E-state index in [9.17, 15) is 0 Å². The number of hydrogen-bond donors (Lipinski definition) is 0. The third-order valence-electron chi connectivity index (χ3n) is 8.77. The first kappa shape index (κ1) is 33.8. The summed E-state index contributed by atoms with van der Waals surface area (Å²) in [6.45, 7) is 7.03. The first-order valence-electron chi connectivity index (χ1n) is 17.6. The van der Waals surface area contributed by atoms with Crippen LogP contribution < -0.4 is 0 Å². The smallest absolute Gasteiger partial charge is 0.105 e. The van der Waals surface area contributed by atoms with E-state index in [0.717, 1.165) is 6.42 Å². The first-order valence-corrected chi connectivity index (χ1v) is 17.6. The summed E-state index contributed by atoms with van der Waals surface area (Å²) in [6.07, 6.45) is 39.1. The molecule has 0 bridgehead atoms. The van der Waals surface area contributed by atoms with Gasteiger partial charge in [-0.3, -0.25) is 0 Å². The fraction of sp³-hybridized carbons (Fsp3) is 0.784. The lowest BCUT2D eigenvalue weighted by molar-refractivity contribution is 0.148. The summed E-state index contributed by atoms with van der Waals surface area (Å²) in [6, 6.07) is 11.1. The molecule has 1 heterocycles. The Labute approximate surface area is 245 Å². The number of rotatable bonds is 27. The highest BCUT2D eigenvalue weighted by molar-refractivity contribution is 5.17. The molecule has 2 heteroatoms. The average Bonchev–Trinajstić information content (AvgIpc) is 3.33. The first-order chi connectivity index (χ1) is 19.3. The maximum Gasteiger partial charge on any atom is 0.105 e. The average molecular weight is 539 g/mol. The largest absolute Gasteiger partial charge is 0.356 e. The Bertz CT molecular complexity index is 669. The summed E-state index contributed by atoms with van der Waals surface area (Å²) in [5, 5.41) is 0. The van der Waals surface area contributed by atoms with Crippen molar-refractivity contribution in [2.24, 2.45) is 0 Å². The lowest BCUT2D eigenvalue weighted by Crippen LogP contribution is -2.41. The molecule has 1 unspecified atom stereocenters. The van der Waals surface area contributed by atoms with Gasteiger partial charge in [0.25, 0.3) is 0 Å². The van der Waals surface area contributed by atoms with Gasteiger partial charge in [0, 0.05) is 31.9 Å². The standard InChI is InChI=1S/C37H66N2/c1-3-5-7-9-11-13-14-15-16-17-19-21-23-28-32-39-34-33-38(37(39)35-36-29-25-24-26-30-36)31-27-22-20-18-12-10-8-6-4-2/h24-26,29-30,33-34,37H,3-23,27-28,31-32,35H2,1-2H3. The van der Waals surface area contributed by atoms with E-state index in [-0.39, 0.29) is 0 Å². The van der Waals surface area contributed by atoms with Crippen molar-refractivity contribution in [2.75, 3.05) is 13.1 Å². The fourth-order valence-corrected chi connectivity index (χ4v) is 6.16. The summed E-state index contributed by atoms with van der Waals surface area (Å²) in [7, 11) is 0. The van der Waals surface area contributed by atoms with Crippen LogP contribution in [0.5, 0.6) is 0 Å². The normalized spacial score (nSPS) is 15.1. The Kier molecular flexibility index (Phi) is 21.1. The van der Waals surface area contributed by atoms with E-state index in [0.29, 0.717) is 6.17 Å². The molecule has 2 nitrogen and oxygen atoms in total. The Hall–Kier alpha value is -1.44. The van der Waals surface area contributed by atoms with E-state index in [4.69, 9.17) is 0 Å². The van der Waals surface area contributed by atoms with E-state index in [1.165, 1.54) is 166 Å². The Morgan fingerprint density at radius 3 is 1.13 bits per heavy atom. The van der Waals surface area contributed by atoms with E-state index >= 15 is 0 Å². The summed E-state index contributed by atoms with van der Waals surface area (Å²) in [5.74, 6) is 0. The van der Waals surface area contributed by atoms with Crippen LogP contribution in [-0.4, -0.2) is 29.1 Å². The Morgan fingerprint density at radius 2 is 0.769 bits per heavy atom. The van der Waals surface area contributed by atoms with Crippen LogP contribution in [0.2, 0.25) is 0 Å². The van der Waals surface area contributed by atoms with Gasteiger partial charge in [0.15, 0.2) is 0 Å². The molecular weight excluding hydrogens is 472 g/mol. The number of hydrogen-bond acceptors (Lipinski definition) is 2. The minimum absolute atomic E-state index is 0.503. The van der Waals surface area contributed by atoms with Crippen LogP contribution in [0.25, 0.3) is 0 Å². The van der Waals surface area contributed by atoms with Crippen molar-refractivity contribution in [3.8, 4) is 0 Å². The molecule has 0 saturated heterocycles. The third kappa shape index (κ3) is 17.1. The van der Waals surface area contributed by atoms with Crippen LogP contribution in [0.15, 0.2) is 42.7 Å². The summed E-state index contributed by atoms with van der Waals surface area (Å²) < 4.78 is 0. The topological polar surface area (TPSA) is 6.48 Å². The van der Waals surface area contributed by atoms with Gasteiger partial charge in [-0.15, -0.1) is 0 Å². The van der Waals surface area contributed by atoms with E-state index < -0.39 is 0 Å². The minimum Gasteiger partial charge on any atom is -0.356 e. The van der Waals surface area contributed by atoms with Crippen LogP contribution in [0, 0.1) is 0 Å². The molecule has 0 fully saturated rings. The highest BCUT2D eigenvalue weighted by Gasteiger charge is 2.25. The monoisotopic (exact) mass is 539 g/mol.